The summed E-state index contributed by atoms with van der Waals surface area (Å²) in [6.07, 6.45) is 0. The van der Waals surface area contributed by atoms with E-state index in [0.29, 0.717) is 5.56 Å². The van der Waals surface area contributed by atoms with E-state index in [0.717, 1.165) is 15.8 Å². The predicted molar refractivity (Wildman–Crippen MR) is 86.9 cm³/mol. The van der Waals surface area contributed by atoms with Gasteiger partial charge in [0.1, 0.15) is 5.82 Å². The van der Waals surface area contributed by atoms with Gasteiger partial charge in [-0.1, -0.05) is 34.1 Å². The first-order valence-corrected chi connectivity index (χ1v) is 7.26. The van der Waals surface area contributed by atoms with E-state index in [-0.39, 0.29) is 11.9 Å². The molecule has 2 aromatic rings. The number of halogens is 2. The molecule has 0 aliphatic carbocycles. The van der Waals surface area contributed by atoms with Crippen LogP contribution in [0.5, 0.6) is 0 Å². The van der Waals surface area contributed by atoms with Gasteiger partial charge in [0, 0.05) is 24.1 Å². The highest BCUT2D eigenvalue weighted by molar-refractivity contribution is 9.10. The number of nitrogens with one attached hydrogen (secondary N) is 1. The average molecular weight is 337 g/mol. The zero-order valence-corrected chi connectivity index (χ0v) is 13.4. The molecule has 4 heteroatoms. The van der Waals surface area contributed by atoms with Gasteiger partial charge in [0.25, 0.3) is 0 Å². The second kappa shape index (κ2) is 6.27. The highest BCUT2D eigenvalue weighted by atomic mass is 79.9. The molecule has 0 heterocycles. The van der Waals surface area contributed by atoms with Gasteiger partial charge in [0.05, 0.1) is 17.4 Å². The maximum atomic E-state index is 13.8. The Morgan fingerprint density at radius 2 is 1.85 bits per heavy atom. The van der Waals surface area contributed by atoms with Crippen molar-refractivity contribution in [3.63, 3.8) is 0 Å². The van der Waals surface area contributed by atoms with E-state index in [1.54, 1.807) is 12.1 Å². The van der Waals surface area contributed by atoms with Crippen LogP contribution in [0.1, 0.15) is 18.5 Å². The molecular formula is C16H18BrFN2. The lowest BCUT2D eigenvalue weighted by molar-refractivity contribution is 0.600. The Bertz CT molecular complexity index is 599. The molecule has 0 radical (unpaired) electrons. The normalized spacial score (nSPS) is 12.1. The van der Waals surface area contributed by atoms with Crippen LogP contribution < -0.4 is 10.2 Å². The Morgan fingerprint density at radius 1 is 1.15 bits per heavy atom. The van der Waals surface area contributed by atoms with E-state index in [1.165, 1.54) is 6.07 Å². The van der Waals surface area contributed by atoms with E-state index in [2.05, 4.69) is 21.2 Å². The van der Waals surface area contributed by atoms with Gasteiger partial charge in [0.2, 0.25) is 0 Å². The Labute approximate surface area is 127 Å². The van der Waals surface area contributed by atoms with E-state index < -0.39 is 0 Å². The maximum Gasteiger partial charge on any atom is 0.128 e. The number of rotatable bonds is 4. The number of nitrogens with zero attached hydrogens (tertiary/aromatic N) is 1. The van der Waals surface area contributed by atoms with Crippen LogP contribution in [0.4, 0.5) is 15.8 Å². The molecule has 2 aromatic carbocycles. The van der Waals surface area contributed by atoms with E-state index in [9.17, 15) is 4.39 Å². The molecule has 1 unspecified atom stereocenters. The number of benzene rings is 2. The summed E-state index contributed by atoms with van der Waals surface area (Å²) in [4.78, 5) is 2.03. The molecular weight excluding hydrogens is 319 g/mol. The largest absolute Gasteiger partial charge is 0.377 e. The van der Waals surface area contributed by atoms with Crippen molar-refractivity contribution in [1.29, 1.82) is 0 Å². The molecule has 2 nitrogen and oxygen atoms in total. The van der Waals surface area contributed by atoms with Crippen LogP contribution in [0, 0.1) is 5.82 Å². The molecule has 0 amide bonds. The second-order valence-corrected chi connectivity index (χ2v) is 5.86. The van der Waals surface area contributed by atoms with Gasteiger partial charge in [0.15, 0.2) is 0 Å². The van der Waals surface area contributed by atoms with Crippen molar-refractivity contribution in [3.8, 4) is 0 Å². The van der Waals surface area contributed by atoms with Crippen molar-refractivity contribution in [2.24, 2.45) is 0 Å². The summed E-state index contributed by atoms with van der Waals surface area (Å²) in [6.45, 7) is 1.96. The molecule has 1 atom stereocenters. The molecule has 0 saturated carbocycles. The molecule has 2 rings (SSSR count). The van der Waals surface area contributed by atoms with Crippen LogP contribution in [0.25, 0.3) is 0 Å². The summed E-state index contributed by atoms with van der Waals surface area (Å²) < 4.78 is 14.8. The molecule has 0 aromatic heterocycles. The van der Waals surface area contributed by atoms with Crippen molar-refractivity contribution in [3.05, 3.63) is 58.3 Å². The summed E-state index contributed by atoms with van der Waals surface area (Å²) in [5.41, 5.74) is 2.70. The minimum atomic E-state index is -0.186. The lowest BCUT2D eigenvalue weighted by Gasteiger charge is -2.22. The second-order valence-electron chi connectivity index (χ2n) is 4.94. The monoisotopic (exact) mass is 336 g/mol. The lowest BCUT2D eigenvalue weighted by Crippen LogP contribution is -2.14. The lowest BCUT2D eigenvalue weighted by atomic mass is 10.1. The fourth-order valence-electron chi connectivity index (χ4n) is 2.15. The maximum absolute atomic E-state index is 13.8. The Morgan fingerprint density at radius 3 is 2.50 bits per heavy atom. The van der Waals surface area contributed by atoms with Gasteiger partial charge in [-0.25, -0.2) is 4.39 Å². The van der Waals surface area contributed by atoms with E-state index in [1.807, 2.05) is 50.2 Å². The fraction of sp³-hybridized carbons (Fsp3) is 0.250. The minimum Gasteiger partial charge on any atom is -0.377 e. The zero-order valence-electron chi connectivity index (χ0n) is 11.8. The van der Waals surface area contributed by atoms with Gasteiger partial charge in [-0.3, -0.25) is 0 Å². The molecule has 106 valence electrons. The number of hydrogen-bond acceptors (Lipinski definition) is 2. The van der Waals surface area contributed by atoms with Crippen LogP contribution in [0.3, 0.4) is 0 Å². The molecule has 0 aliphatic heterocycles. The van der Waals surface area contributed by atoms with Gasteiger partial charge in [-0.05, 0) is 31.2 Å². The third-order valence-electron chi connectivity index (χ3n) is 3.18. The topological polar surface area (TPSA) is 15.3 Å². The smallest absolute Gasteiger partial charge is 0.128 e. The molecule has 1 N–H and O–H groups in total. The standard InChI is InChI=1S/C16H18BrFN2/c1-11(13-6-4-5-7-14(13)18)19-15-10-12(17)8-9-16(15)20(2)3/h4-11,19H,1-3H3. The first-order chi connectivity index (χ1) is 9.49. The summed E-state index contributed by atoms with van der Waals surface area (Å²) in [6, 6.07) is 12.8. The summed E-state index contributed by atoms with van der Waals surface area (Å²) in [7, 11) is 3.98. The fourth-order valence-corrected chi connectivity index (χ4v) is 2.51. The van der Waals surface area contributed by atoms with E-state index >= 15 is 0 Å². The van der Waals surface area contributed by atoms with Crippen molar-refractivity contribution >= 4 is 27.3 Å². The predicted octanol–water partition coefficient (Wildman–Crippen LogP) is 4.83. The summed E-state index contributed by atoms with van der Waals surface area (Å²) in [5, 5.41) is 3.38. The van der Waals surface area contributed by atoms with Crippen molar-refractivity contribution < 1.29 is 4.39 Å². The van der Waals surface area contributed by atoms with Crippen molar-refractivity contribution in [2.75, 3.05) is 24.3 Å². The highest BCUT2D eigenvalue weighted by Gasteiger charge is 2.13. The summed E-state index contributed by atoms with van der Waals surface area (Å²) >= 11 is 3.47. The number of anilines is 2. The van der Waals surface area contributed by atoms with Crippen LogP contribution in [-0.2, 0) is 0 Å². The molecule has 0 spiro atoms. The summed E-state index contributed by atoms with van der Waals surface area (Å²) in [5.74, 6) is -0.186. The first kappa shape index (κ1) is 14.9. The Balaban J connectivity index is 2.30. The third-order valence-corrected chi connectivity index (χ3v) is 3.68. The first-order valence-electron chi connectivity index (χ1n) is 6.47. The highest BCUT2D eigenvalue weighted by Crippen LogP contribution is 2.31. The van der Waals surface area contributed by atoms with Crippen LogP contribution in [0.2, 0.25) is 0 Å². The van der Waals surface area contributed by atoms with E-state index in [4.69, 9.17) is 0 Å². The van der Waals surface area contributed by atoms with Crippen molar-refractivity contribution in [1.82, 2.24) is 0 Å². The van der Waals surface area contributed by atoms with Crippen LogP contribution in [0.15, 0.2) is 46.9 Å². The number of hydrogen-bond donors (Lipinski definition) is 1. The molecule has 0 aliphatic rings. The van der Waals surface area contributed by atoms with Gasteiger partial charge in [-0.2, -0.15) is 0 Å². The van der Waals surface area contributed by atoms with Crippen molar-refractivity contribution in [2.45, 2.75) is 13.0 Å². The Kier molecular flexibility index (Phi) is 4.65. The van der Waals surface area contributed by atoms with Crippen LogP contribution in [-0.4, -0.2) is 14.1 Å². The molecule has 0 fully saturated rings. The SMILES string of the molecule is CC(Nc1cc(Br)ccc1N(C)C)c1ccccc1F. The van der Waals surface area contributed by atoms with Crippen LogP contribution >= 0.6 is 15.9 Å². The third kappa shape index (κ3) is 3.31. The molecule has 0 bridgehead atoms. The molecule has 0 saturated heterocycles. The van der Waals surface area contributed by atoms with Gasteiger partial charge >= 0.3 is 0 Å². The van der Waals surface area contributed by atoms with Gasteiger partial charge in [-0.15, -0.1) is 0 Å². The quantitative estimate of drug-likeness (QED) is 0.860. The molecule has 20 heavy (non-hydrogen) atoms. The average Bonchev–Trinajstić information content (AvgIpc) is 2.38. The Hall–Kier alpha value is -1.55. The zero-order chi connectivity index (χ0) is 14.7. The van der Waals surface area contributed by atoms with Gasteiger partial charge < -0.3 is 10.2 Å². The minimum absolute atomic E-state index is 0.107.